The summed E-state index contributed by atoms with van der Waals surface area (Å²) in [5, 5.41) is 0. The number of amides is 1. The van der Waals surface area contributed by atoms with Gasteiger partial charge in [0.1, 0.15) is 15.8 Å². The lowest BCUT2D eigenvalue weighted by Gasteiger charge is -2.10. The van der Waals surface area contributed by atoms with Gasteiger partial charge >= 0.3 is 0 Å². The molecule has 1 fully saturated rings. The Morgan fingerprint density at radius 3 is 2.43 bits per heavy atom. The summed E-state index contributed by atoms with van der Waals surface area (Å²) in [5.41, 5.74) is 0.824. The summed E-state index contributed by atoms with van der Waals surface area (Å²) < 4.78 is 11.0. The van der Waals surface area contributed by atoms with Crippen LogP contribution < -0.4 is 9.47 Å². The molecule has 0 saturated carbocycles. The molecule has 0 radical (unpaired) electrons. The molecule has 1 aliphatic rings. The third-order valence-corrected chi connectivity index (χ3v) is 4.23. The van der Waals surface area contributed by atoms with E-state index in [4.69, 9.17) is 21.7 Å². The van der Waals surface area contributed by atoms with E-state index in [1.54, 1.807) is 32.4 Å². The number of benzene rings is 1. The van der Waals surface area contributed by atoms with Crippen LogP contribution in [0.3, 0.4) is 0 Å². The topological polar surface area (TPSA) is 38.8 Å². The molecule has 1 aromatic carbocycles. The Morgan fingerprint density at radius 1 is 1.29 bits per heavy atom. The summed E-state index contributed by atoms with van der Waals surface area (Å²) in [6, 6.07) is 5.45. The second-order valence-electron chi connectivity index (χ2n) is 4.23. The zero-order valence-electron chi connectivity index (χ0n) is 11.8. The first kappa shape index (κ1) is 15.6. The zero-order chi connectivity index (χ0) is 15.4. The molecule has 1 heterocycles. The van der Waals surface area contributed by atoms with Crippen LogP contribution in [0.2, 0.25) is 0 Å². The Kier molecular flexibility index (Phi) is 5.03. The van der Waals surface area contributed by atoms with Crippen molar-refractivity contribution in [2.75, 3.05) is 20.8 Å². The standard InChI is InChI=1S/C15H15NO3S2/c1-4-5-16-14(17)13(21-15(16)20)8-10-6-11(18-2)9-12(7-10)19-3/h4,6-9H,1,5H2,2-3H3. The van der Waals surface area contributed by atoms with Crippen molar-refractivity contribution in [2.45, 2.75) is 0 Å². The molecule has 0 unspecified atom stereocenters. The van der Waals surface area contributed by atoms with E-state index in [-0.39, 0.29) is 5.91 Å². The average molecular weight is 321 g/mol. The molecule has 1 aromatic rings. The summed E-state index contributed by atoms with van der Waals surface area (Å²) in [6.45, 7) is 4.05. The van der Waals surface area contributed by atoms with E-state index in [0.717, 1.165) is 5.56 Å². The molecule has 0 aromatic heterocycles. The van der Waals surface area contributed by atoms with Crippen LogP contribution in [-0.4, -0.2) is 35.9 Å². The van der Waals surface area contributed by atoms with Crippen LogP contribution in [0.4, 0.5) is 0 Å². The SMILES string of the molecule is C=CCN1C(=O)C(=Cc2cc(OC)cc(OC)c2)SC1=S. The van der Waals surface area contributed by atoms with Crippen molar-refractivity contribution in [3.05, 3.63) is 41.3 Å². The quantitative estimate of drug-likeness (QED) is 0.473. The van der Waals surface area contributed by atoms with Crippen LogP contribution in [-0.2, 0) is 4.79 Å². The Hall–Kier alpha value is -1.79. The van der Waals surface area contributed by atoms with Crippen molar-refractivity contribution in [3.8, 4) is 11.5 Å². The van der Waals surface area contributed by atoms with E-state index in [1.807, 2.05) is 12.1 Å². The van der Waals surface area contributed by atoms with Gasteiger partial charge in [-0.05, 0) is 23.8 Å². The van der Waals surface area contributed by atoms with E-state index in [1.165, 1.54) is 16.7 Å². The molecule has 0 atom stereocenters. The lowest BCUT2D eigenvalue weighted by atomic mass is 10.2. The maximum Gasteiger partial charge on any atom is 0.266 e. The fraction of sp³-hybridized carbons (Fsp3) is 0.200. The number of hydrogen-bond donors (Lipinski definition) is 0. The lowest BCUT2D eigenvalue weighted by Crippen LogP contribution is -2.27. The maximum atomic E-state index is 12.3. The van der Waals surface area contributed by atoms with E-state index < -0.39 is 0 Å². The van der Waals surface area contributed by atoms with Gasteiger partial charge < -0.3 is 9.47 Å². The number of rotatable bonds is 5. The van der Waals surface area contributed by atoms with Crippen LogP contribution in [0.1, 0.15) is 5.56 Å². The molecule has 0 spiro atoms. The van der Waals surface area contributed by atoms with Crippen LogP contribution in [0.5, 0.6) is 11.5 Å². The third-order valence-electron chi connectivity index (χ3n) is 2.86. The van der Waals surface area contributed by atoms with E-state index in [2.05, 4.69) is 6.58 Å². The van der Waals surface area contributed by atoms with Crippen LogP contribution in [0, 0.1) is 0 Å². The van der Waals surface area contributed by atoms with Crippen molar-refractivity contribution in [1.82, 2.24) is 4.90 Å². The van der Waals surface area contributed by atoms with Gasteiger partial charge in [0.05, 0.1) is 19.1 Å². The molecule has 1 amide bonds. The highest BCUT2D eigenvalue weighted by atomic mass is 32.2. The molecule has 6 heteroatoms. The molecule has 0 N–H and O–H groups in total. The molecular formula is C15H15NO3S2. The second kappa shape index (κ2) is 6.78. The first-order chi connectivity index (χ1) is 10.1. The van der Waals surface area contributed by atoms with Crippen LogP contribution in [0.25, 0.3) is 6.08 Å². The molecule has 0 bridgehead atoms. The van der Waals surface area contributed by atoms with Crippen LogP contribution in [0.15, 0.2) is 35.8 Å². The minimum atomic E-state index is -0.105. The number of carbonyl (C=O) groups excluding carboxylic acids is 1. The van der Waals surface area contributed by atoms with Gasteiger partial charge in [-0.1, -0.05) is 30.1 Å². The van der Waals surface area contributed by atoms with Gasteiger partial charge in [0.2, 0.25) is 0 Å². The van der Waals surface area contributed by atoms with Crippen molar-refractivity contribution in [2.24, 2.45) is 0 Å². The molecule has 0 aliphatic carbocycles. The van der Waals surface area contributed by atoms with Gasteiger partial charge in [-0.15, -0.1) is 6.58 Å². The Balaban J connectivity index is 2.34. The number of nitrogens with zero attached hydrogens (tertiary/aromatic N) is 1. The minimum Gasteiger partial charge on any atom is -0.497 e. The van der Waals surface area contributed by atoms with Crippen molar-refractivity contribution in [3.63, 3.8) is 0 Å². The number of ether oxygens (including phenoxy) is 2. The molecule has 4 nitrogen and oxygen atoms in total. The first-order valence-electron chi connectivity index (χ1n) is 6.18. The third kappa shape index (κ3) is 3.46. The molecule has 1 saturated heterocycles. The number of thiocarbonyl (C=S) groups is 1. The monoisotopic (exact) mass is 321 g/mol. The number of hydrogen-bond acceptors (Lipinski definition) is 5. The summed E-state index contributed by atoms with van der Waals surface area (Å²) in [7, 11) is 3.17. The second-order valence-corrected chi connectivity index (χ2v) is 5.90. The Morgan fingerprint density at radius 2 is 1.90 bits per heavy atom. The summed E-state index contributed by atoms with van der Waals surface area (Å²) >= 11 is 6.49. The molecular weight excluding hydrogens is 306 g/mol. The van der Waals surface area contributed by atoms with Gasteiger partial charge in [-0.2, -0.15) is 0 Å². The summed E-state index contributed by atoms with van der Waals surface area (Å²) in [4.78, 5) is 14.4. The van der Waals surface area contributed by atoms with Crippen molar-refractivity contribution >= 4 is 40.3 Å². The molecule has 110 valence electrons. The van der Waals surface area contributed by atoms with Crippen molar-refractivity contribution < 1.29 is 14.3 Å². The van der Waals surface area contributed by atoms with Crippen molar-refractivity contribution in [1.29, 1.82) is 0 Å². The van der Waals surface area contributed by atoms with E-state index >= 15 is 0 Å². The lowest BCUT2D eigenvalue weighted by molar-refractivity contribution is -0.121. The molecule has 2 rings (SSSR count). The highest BCUT2D eigenvalue weighted by Crippen LogP contribution is 2.33. The highest BCUT2D eigenvalue weighted by molar-refractivity contribution is 8.26. The fourth-order valence-electron chi connectivity index (χ4n) is 1.85. The Labute approximate surface area is 133 Å². The smallest absolute Gasteiger partial charge is 0.266 e. The van der Waals surface area contributed by atoms with Gasteiger partial charge in [-0.3, -0.25) is 9.69 Å². The van der Waals surface area contributed by atoms with Gasteiger partial charge in [0.15, 0.2) is 0 Å². The largest absolute Gasteiger partial charge is 0.497 e. The number of thioether (sulfide) groups is 1. The first-order valence-corrected chi connectivity index (χ1v) is 7.41. The van der Waals surface area contributed by atoms with E-state index in [0.29, 0.717) is 27.3 Å². The van der Waals surface area contributed by atoms with Gasteiger partial charge in [0, 0.05) is 12.6 Å². The van der Waals surface area contributed by atoms with Gasteiger partial charge in [0.25, 0.3) is 5.91 Å². The van der Waals surface area contributed by atoms with Gasteiger partial charge in [-0.25, -0.2) is 0 Å². The van der Waals surface area contributed by atoms with Crippen LogP contribution >= 0.6 is 24.0 Å². The number of methoxy groups -OCH3 is 2. The summed E-state index contributed by atoms with van der Waals surface area (Å²) in [6.07, 6.45) is 3.44. The van der Waals surface area contributed by atoms with E-state index in [9.17, 15) is 4.79 Å². The minimum absolute atomic E-state index is 0.105. The predicted octanol–water partition coefficient (Wildman–Crippen LogP) is 3.09. The predicted molar refractivity (Wildman–Crippen MR) is 89.6 cm³/mol. The normalized spacial score (nSPS) is 16.5. The Bertz CT molecular complexity index is 603. The molecule has 1 aliphatic heterocycles. The number of carbonyl (C=O) groups is 1. The molecule has 21 heavy (non-hydrogen) atoms. The zero-order valence-corrected chi connectivity index (χ0v) is 13.4. The highest BCUT2D eigenvalue weighted by Gasteiger charge is 2.30. The fourth-order valence-corrected chi connectivity index (χ4v) is 3.13. The summed E-state index contributed by atoms with van der Waals surface area (Å²) in [5.74, 6) is 1.23. The maximum absolute atomic E-state index is 12.3. The average Bonchev–Trinajstić information content (AvgIpc) is 2.74.